The number of hydrogen-bond donors (Lipinski definition) is 3. The van der Waals surface area contributed by atoms with Crippen LogP contribution in [0.5, 0.6) is 0 Å². The average molecular weight is 477 g/mol. The van der Waals surface area contributed by atoms with Crippen LogP contribution >= 0.6 is 0 Å². The van der Waals surface area contributed by atoms with Crippen LogP contribution in [0.1, 0.15) is 77.1 Å². The number of ether oxygens (including phenoxy) is 1. The number of alkyl carbamates (subject to hydrolysis) is 1. The topological polar surface area (TPSA) is 131 Å². The molecule has 2 unspecified atom stereocenters. The lowest BCUT2D eigenvalue weighted by molar-refractivity contribution is -0.143. The number of amides is 4. The summed E-state index contributed by atoms with van der Waals surface area (Å²) in [6.07, 6.45) is -0.723. The molecule has 0 heterocycles. The molecule has 0 saturated heterocycles. The third-order valence-electron chi connectivity index (χ3n) is 4.69. The Balaban J connectivity index is 3.49. The smallest absolute Gasteiger partial charge is 0.408 e. The van der Waals surface area contributed by atoms with E-state index in [1.807, 2.05) is 52.8 Å². The molecule has 34 heavy (non-hydrogen) atoms. The quantitative estimate of drug-likeness (QED) is 0.478. The predicted octanol–water partition coefficient (Wildman–Crippen LogP) is 2.88. The van der Waals surface area contributed by atoms with Crippen molar-refractivity contribution in [2.75, 3.05) is 6.54 Å². The minimum Gasteiger partial charge on any atom is -0.444 e. The lowest BCUT2D eigenvalue weighted by atomic mass is 9.97. The maximum Gasteiger partial charge on any atom is 0.408 e. The van der Waals surface area contributed by atoms with Gasteiger partial charge >= 0.3 is 6.09 Å². The van der Waals surface area contributed by atoms with Gasteiger partial charge in [0.1, 0.15) is 17.7 Å². The molecule has 0 bridgehead atoms. The molecule has 4 amide bonds. The Morgan fingerprint density at radius 1 is 1.03 bits per heavy atom. The Morgan fingerprint density at radius 2 is 1.59 bits per heavy atom. The molecule has 0 aliphatic carbocycles. The van der Waals surface area contributed by atoms with Gasteiger partial charge in [-0.1, -0.05) is 36.2 Å². The maximum absolute atomic E-state index is 13.7. The summed E-state index contributed by atoms with van der Waals surface area (Å²) in [6.45, 7) is 14.7. The third kappa shape index (κ3) is 9.41. The molecule has 0 aliphatic rings. The first-order chi connectivity index (χ1) is 15.6. The predicted molar refractivity (Wildman–Crippen MR) is 131 cm³/mol. The number of aryl methyl sites for hydroxylation is 2. The molecule has 190 valence electrons. The van der Waals surface area contributed by atoms with E-state index in [1.54, 1.807) is 20.8 Å². The van der Waals surface area contributed by atoms with Crippen LogP contribution in [0.15, 0.2) is 18.2 Å². The molecule has 0 saturated carbocycles. The Hall–Kier alpha value is -3.10. The molecule has 0 radical (unpaired) electrons. The minimum absolute atomic E-state index is 0.152. The molecule has 1 rings (SSSR count). The molecule has 9 nitrogen and oxygen atoms in total. The van der Waals surface area contributed by atoms with Gasteiger partial charge in [0.05, 0.1) is 6.42 Å². The van der Waals surface area contributed by atoms with E-state index in [9.17, 15) is 19.2 Å². The van der Waals surface area contributed by atoms with E-state index in [2.05, 4.69) is 10.6 Å². The fraction of sp³-hybridized carbons (Fsp3) is 0.600. The summed E-state index contributed by atoms with van der Waals surface area (Å²) in [4.78, 5) is 52.6. The van der Waals surface area contributed by atoms with Gasteiger partial charge < -0.3 is 26.0 Å². The minimum atomic E-state index is -1.28. The average Bonchev–Trinajstić information content (AvgIpc) is 2.63. The molecule has 1 aromatic rings. The van der Waals surface area contributed by atoms with Crippen LogP contribution < -0.4 is 16.4 Å². The molecular formula is C25H40N4O5. The van der Waals surface area contributed by atoms with Crippen LogP contribution in [0.2, 0.25) is 0 Å². The highest BCUT2D eigenvalue weighted by molar-refractivity contribution is 5.94. The zero-order chi connectivity index (χ0) is 26.2. The molecule has 0 aliphatic heterocycles. The zero-order valence-electron chi connectivity index (χ0n) is 21.7. The van der Waals surface area contributed by atoms with Gasteiger partial charge in [-0.15, -0.1) is 0 Å². The van der Waals surface area contributed by atoms with Crippen molar-refractivity contribution in [2.24, 2.45) is 5.73 Å². The molecule has 1 aromatic carbocycles. The molecular weight excluding hydrogens is 436 g/mol. The van der Waals surface area contributed by atoms with E-state index in [0.29, 0.717) is 12.0 Å². The lowest BCUT2D eigenvalue weighted by Gasteiger charge is -2.34. The van der Waals surface area contributed by atoms with Gasteiger partial charge in [-0.3, -0.25) is 14.4 Å². The third-order valence-corrected chi connectivity index (χ3v) is 4.69. The van der Waals surface area contributed by atoms with E-state index in [4.69, 9.17) is 10.5 Å². The monoisotopic (exact) mass is 476 g/mol. The second-order valence-corrected chi connectivity index (χ2v) is 9.89. The van der Waals surface area contributed by atoms with Crippen LogP contribution in [0, 0.1) is 13.8 Å². The Kier molecular flexibility index (Phi) is 10.5. The second kappa shape index (κ2) is 12.4. The van der Waals surface area contributed by atoms with Crippen molar-refractivity contribution in [3.63, 3.8) is 0 Å². The summed E-state index contributed by atoms with van der Waals surface area (Å²) in [6, 6.07) is 3.31. The summed E-state index contributed by atoms with van der Waals surface area (Å²) < 4.78 is 5.26. The fourth-order valence-corrected chi connectivity index (χ4v) is 3.66. The summed E-state index contributed by atoms with van der Waals surface area (Å²) >= 11 is 0. The highest BCUT2D eigenvalue weighted by Gasteiger charge is 2.36. The maximum atomic E-state index is 13.7. The molecule has 0 fully saturated rings. The van der Waals surface area contributed by atoms with Crippen LogP contribution in [0.3, 0.4) is 0 Å². The SMILES string of the molecule is CCCN(C(=O)C(CC(N)=O)NC(=O)OC(C)(C)C)C(C(=O)NC(C)C)c1cc(C)cc(C)c1. The highest BCUT2D eigenvalue weighted by atomic mass is 16.6. The van der Waals surface area contributed by atoms with Gasteiger partial charge in [-0.2, -0.15) is 0 Å². The molecule has 0 spiro atoms. The number of nitrogens with two attached hydrogens (primary N) is 1. The van der Waals surface area contributed by atoms with Crippen molar-refractivity contribution in [1.82, 2.24) is 15.5 Å². The van der Waals surface area contributed by atoms with Gasteiger partial charge in [0, 0.05) is 12.6 Å². The Bertz CT molecular complexity index is 872. The summed E-state index contributed by atoms with van der Waals surface area (Å²) in [7, 11) is 0. The molecule has 9 heteroatoms. The number of hydrogen-bond acceptors (Lipinski definition) is 5. The molecule has 2 atom stereocenters. The van der Waals surface area contributed by atoms with Crippen molar-refractivity contribution in [3.05, 3.63) is 34.9 Å². The fourth-order valence-electron chi connectivity index (χ4n) is 3.66. The van der Waals surface area contributed by atoms with Crippen LogP contribution in [-0.4, -0.2) is 52.9 Å². The number of nitrogens with one attached hydrogen (secondary N) is 2. The number of nitrogens with zero attached hydrogens (tertiary/aromatic N) is 1. The van der Waals surface area contributed by atoms with Crippen LogP contribution in [-0.2, 0) is 19.1 Å². The molecule has 0 aromatic heterocycles. The van der Waals surface area contributed by atoms with Crippen LogP contribution in [0.4, 0.5) is 4.79 Å². The molecule has 4 N–H and O–H groups in total. The largest absolute Gasteiger partial charge is 0.444 e. The van der Waals surface area contributed by atoms with Gasteiger partial charge in [0.15, 0.2) is 0 Å². The number of rotatable bonds is 10. The van der Waals surface area contributed by atoms with E-state index >= 15 is 0 Å². The number of carbonyl (C=O) groups excluding carboxylic acids is 4. The van der Waals surface area contributed by atoms with E-state index in [0.717, 1.165) is 11.1 Å². The number of carbonyl (C=O) groups is 4. The number of benzene rings is 1. The van der Waals surface area contributed by atoms with Crippen molar-refractivity contribution in [1.29, 1.82) is 0 Å². The first-order valence-electron chi connectivity index (χ1n) is 11.6. The normalized spacial score (nSPS) is 13.1. The van der Waals surface area contributed by atoms with Gasteiger partial charge in [-0.05, 0) is 60.5 Å². The summed E-state index contributed by atoms with van der Waals surface area (Å²) in [5.74, 6) is -1.70. The van der Waals surface area contributed by atoms with E-state index in [1.165, 1.54) is 4.90 Å². The van der Waals surface area contributed by atoms with Crippen molar-refractivity contribution >= 4 is 23.8 Å². The van der Waals surface area contributed by atoms with E-state index < -0.39 is 42.0 Å². The first-order valence-corrected chi connectivity index (χ1v) is 11.6. The first kappa shape index (κ1) is 28.9. The van der Waals surface area contributed by atoms with Crippen molar-refractivity contribution in [2.45, 2.75) is 92.0 Å². The van der Waals surface area contributed by atoms with Gasteiger partial charge in [0.25, 0.3) is 0 Å². The van der Waals surface area contributed by atoms with Gasteiger partial charge in [-0.25, -0.2) is 4.79 Å². The zero-order valence-corrected chi connectivity index (χ0v) is 21.7. The number of primary amides is 1. The Morgan fingerprint density at radius 3 is 2.03 bits per heavy atom. The van der Waals surface area contributed by atoms with Crippen molar-refractivity contribution < 1.29 is 23.9 Å². The van der Waals surface area contributed by atoms with Crippen molar-refractivity contribution in [3.8, 4) is 0 Å². The standard InChI is InChI=1S/C25H40N4O5/c1-9-10-29(23(32)19(14-20(26)30)28-24(33)34-25(6,7)8)21(22(31)27-15(2)3)18-12-16(4)11-17(5)13-18/h11-13,15,19,21H,9-10,14H2,1-8H3,(H2,26,30)(H,27,31)(H,28,33). The van der Waals surface area contributed by atoms with Gasteiger partial charge in [0.2, 0.25) is 17.7 Å². The summed E-state index contributed by atoms with van der Waals surface area (Å²) in [5.41, 5.74) is 7.12. The second-order valence-electron chi connectivity index (χ2n) is 9.89. The lowest BCUT2D eigenvalue weighted by Crippen LogP contribution is -2.54. The Labute approximate surface area is 202 Å². The van der Waals surface area contributed by atoms with Crippen LogP contribution in [0.25, 0.3) is 0 Å². The van der Waals surface area contributed by atoms with E-state index in [-0.39, 0.29) is 18.5 Å². The highest BCUT2D eigenvalue weighted by Crippen LogP contribution is 2.26. The summed E-state index contributed by atoms with van der Waals surface area (Å²) in [5, 5.41) is 5.36.